The largest absolute Gasteiger partial charge is 0.481 e. The maximum absolute atomic E-state index is 10.9. The molecule has 4 rings (SSSR count). The van der Waals surface area contributed by atoms with Crippen molar-refractivity contribution < 1.29 is 57.6 Å². The summed E-state index contributed by atoms with van der Waals surface area (Å²) < 4.78 is 41.1. The average Bonchev–Trinajstić information content (AvgIpc) is 3.34. The zero-order valence-corrected chi connectivity index (χ0v) is 45.6. The Morgan fingerprint density at radius 1 is 0.405 bits per heavy atom. The van der Waals surface area contributed by atoms with Crippen LogP contribution in [0, 0.1) is 64.1 Å². The van der Waals surface area contributed by atoms with Crippen LogP contribution in [-0.4, -0.2) is 94.5 Å². The molecule has 0 aliphatic carbocycles. The van der Waals surface area contributed by atoms with Crippen molar-refractivity contribution in [1.82, 2.24) is 19.9 Å². The molecule has 0 saturated heterocycles. The van der Waals surface area contributed by atoms with E-state index in [0.29, 0.717) is 61.9 Å². The molecule has 0 unspecified atom stereocenters. The van der Waals surface area contributed by atoms with Crippen LogP contribution in [0.4, 0.5) is 22.7 Å². The first kappa shape index (κ1) is 65.2. The van der Waals surface area contributed by atoms with Crippen LogP contribution >= 0.6 is 23.2 Å². The predicted octanol–water partition coefficient (Wildman–Crippen LogP) is 12.6. The minimum Gasteiger partial charge on any atom is -0.481 e. The van der Waals surface area contributed by atoms with Crippen LogP contribution < -0.4 is 37.9 Å². The van der Waals surface area contributed by atoms with E-state index >= 15 is 0 Å². The molecule has 0 saturated carbocycles. The highest BCUT2D eigenvalue weighted by molar-refractivity contribution is 6.32. The van der Waals surface area contributed by atoms with Crippen molar-refractivity contribution in [3.8, 4) is 47.0 Å². The minimum atomic E-state index is -0.597. The number of halogens is 2. The van der Waals surface area contributed by atoms with E-state index in [1.165, 1.54) is 64.8 Å². The number of aromatic nitrogens is 4. The topological polar surface area (TPSA) is 298 Å². The Labute approximate surface area is 441 Å². The van der Waals surface area contributed by atoms with E-state index in [-0.39, 0.29) is 68.1 Å². The third-order valence-corrected chi connectivity index (χ3v) is 10.2. The fourth-order valence-electron chi connectivity index (χ4n) is 5.87. The quantitative estimate of drug-likeness (QED) is 0.0290. The van der Waals surface area contributed by atoms with E-state index in [1.807, 2.05) is 0 Å². The van der Waals surface area contributed by atoms with E-state index in [4.69, 9.17) is 61.1 Å². The van der Waals surface area contributed by atoms with Gasteiger partial charge in [-0.1, -0.05) is 78.6 Å². The van der Waals surface area contributed by atoms with Crippen LogP contribution in [0.25, 0.3) is 0 Å². The van der Waals surface area contributed by atoms with Crippen LogP contribution in [0.5, 0.6) is 47.0 Å². The molecule has 4 aromatic heterocycles. The van der Waals surface area contributed by atoms with Gasteiger partial charge in [0.25, 0.3) is 23.5 Å². The second-order valence-electron chi connectivity index (χ2n) is 17.5. The molecule has 4 aromatic rings. The first-order valence-electron chi connectivity index (χ1n) is 23.7. The number of rotatable bonds is 28. The molecule has 0 bridgehead atoms. The van der Waals surface area contributed by atoms with E-state index in [0.717, 1.165) is 51.4 Å². The van der Waals surface area contributed by atoms with Gasteiger partial charge in [-0.15, -0.1) is 0 Å². The summed E-state index contributed by atoms with van der Waals surface area (Å²) in [7, 11) is 5.50. The van der Waals surface area contributed by atoms with Gasteiger partial charge in [-0.25, -0.2) is 0 Å². The lowest BCUT2D eigenvalue weighted by molar-refractivity contribution is -0.386. The number of nitro groups is 4. The zero-order valence-electron chi connectivity index (χ0n) is 44.1. The normalized spacial score (nSPS) is 10.5. The van der Waals surface area contributed by atoms with Gasteiger partial charge in [0.1, 0.15) is 10.0 Å². The van der Waals surface area contributed by atoms with Gasteiger partial charge in [-0.05, 0) is 75.0 Å². The van der Waals surface area contributed by atoms with Crippen molar-refractivity contribution in [1.29, 1.82) is 0 Å². The molecule has 0 spiro atoms. The Balaban J connectivity index is 0.000000493. The standard InChI is InChI=1S/2C12H17ClN2O4.2C12H18N2O4/c1-8(2)5-4-6-19-11-9(13)7-10(15(16)17)12(14-11)18-3;1-8(2)5-4-6-19-12-10(15(16)17)7-9(13)11(14-12)18-3;1-9(2)5-4-8-18-11-7-6-10(14(15)16)12(13-11)17-3;1-9(2)5-4-8-18-12-10(14(15)16)6-7-11(13-12)17-3/h2*7-8H,4-6H2,1-3H3;2*6-7,9H,4-5,8H2,1-3H3. The Hall–Kier alpha value is -6.82. The van der Waals surface area contributed by atoms with Gasteiger partial charge in [0.2, 0.25) is 23.5 Å². The number of nitrogens with zero attached hydrogens (tertiary/aromatic N) is 8. The van der Waals surface area contributed by atoms with Gasteiger partial charge >= 0.3 is 22.7 Å². The van der Waals surface area contributed by atoms with E-state index in [1.54, 1.807) is 0 Å². The first-order valence-corrected chi connectivity index (χ1v) is 24.4. The Bertz CT molecular complexity index is 2360. The zero-order chi connectivity index (χ0) is 55.9. The van der Waals surface area contributed by atoms with Crippen molar-refractivity contribution in [2.75, 3.05) is 54.9 Å². The van der Waals surface area contributed by atoms with Crippen molar-refractivity contribution in [2.24, 2.45) is 23.7 Å². The highest BCUT2D eigenvalue weighted by Crippen LogP contribution is 2.35. The summed E-state index contributed by atoms with van der Waals surface area (Å²) >= 11 is 11.7. The number of pyridine rings is 4. The van der Waals surface area contributed by atoms with Gasteiger partial charge in [0.05, 0.1) is 74.6 Å². The maximum atomic E-state index is 10.9. The summed E-state index contributed by atoms with van der Waals surface area (Å²) in [6.45, 7) is 18.8. The highest BCUT2D eigenvalue weighted by atomic mass is 35.5. The molecule has 0 aliphatic heterocycles. The molecule has 0 amide bonds. The van der Waals surface area contributed by atoms with Gasteiger partial charge in [-0.2, -0.15) is 19.9 Å². The number of ether oxygens (including phenoxy) is 8. The molecule has 24 nitrogen and oxygen atoms in total. The summed E-state index contributed by atoms with van der Waals surface area (Å²) in [6.07, 6.45) is 7.55. The molecule has 0 aromatic carbocycles. The Kier molecular flexibility index (Phi) is 31.1. The molecule has 412 valence electrons. The SMILES string of the molecule is COc1ccc([N+](=O)[O-])c(OCCCC(C)C)n1.COc1nc(OCCCC(C)C)c(Cl)cc1[N+](=O)[O-].COc1nc(OCCCC(C)C)c([N+](=O)[O-])cc1Cl.COc1nc(OCCCC(C)C)ccc1[N+](=O)[O-]. The molecule has 4 heterocycles. The third-order valence-electron chi connectivity index (χ3n) is 9.65. The molecule has 0 aliphatic rings. The lowest BCUT2D eigenvalue weighted by atomic mass is 10.1. The predicted molar refractivity (Wildman–Crippen MR) is 278 cm³/mol. The van der Waals surface area contributed by atoms with Crippen LogP contribution in [0.15, 0.2) is 36.4 Å². The van der Waals surface area contributed by atoms with Crippen LogP contribution in [-0.2, 0) is 0 Å². The molecule has 0 N–H and O–H groups in total. The van der Waals surface area contributed by atoms with Crippen molar-refractivity contribution in [2.45, 2.75) is 107 Å². The van der Waals surface area contributed by atoms with Crippen molar-refractivity contribution in [3.05, 3.63) is 86.9 Å². The fourth-order valence-corrected chi connectivity index (χ4v) is 6.29. The highest BCUT2D eigenvalue weighted by Gasteiger charge is 2.23. The monoisotopic (exact) mass is 1080 g/mol. The van der Waals surface area contributed by atoms with Crippen LogP contribution in [0.1, 0.15) is 107 Å². The second-order valence-corrected chi connectivity index (χ2v) is 18.3. The first-order chi connectivity index (χ1) is 35.0. The third kappa shape index (κ3) is 25.2. The number of hydrogen-bond donors (Lipinski definition) is 0. The van der Waals surface area contributed by atoms with Crippen LogP contribution in [0.3, 0.4) is 0 Å². The Morgan fingerprint density at radius 3 is 1.11 bits per heavy atom. The smallest absolute Gasteiger partial charge is 0.332 e. The summed E-state index contributed by atoms with van der Waals surface area (Å²) in [5.41, 5.74) is -0.829. The lowest BCUT2D eigenvalue weighted by Crippen LogP contribution is -2.05. The van der Waals surface area contributed by atoms with Gasteiger partial charge in [-0.3, -0.25) is 40.5 Å². The lowest BCUT2D eigenvalue weighted by Gasteiger charge is -2.09. The molecular weight excluding hydrogens is 1020 g/mol. The van der Waals surface area contributed by atoms with Gasteiger partial charge < -0.3 is 37.9 Å². The average molecular weight is 1090 g/mol. The van der Waals surface area contributed by atoms with Crippen molar-refractivity contribution >= 4 is 46.0 Å². The molecule has 0 radical (unpaired) electrons. The van der Waals surface area contributed by atoms with Crippen LogP contribution in [0.2, 0.25) is 10.0 Å². The number of methoxy groups -OCH3 is 4. The number of hydrogen-bond acceptors (Lipinski definition) is 20. The molecule has 0 fully saturated rings. The van der Waals surface area contributed by atoms with E-state index in [2.05, 4.69) is 75.3 Å². The van der Waals surface area contributed by atoms with Gasteiger partial charge in [0.15, 0.2) is 0 Å². The molecule has 74 heavy (non-hydrogen) atoms. The molecular formula is C48H70Cl2N8O16. The fraction of sp³-hybridized carbons (Fsp3) is 0.583. The minimum absolute atomic E-state index is 0.0168. The van der Waals surface area contributed by atoms with Crippen molar-refractivity contribution in [3.63, 3.8) is 0 Å². The Morgan fingerprint density at radius 2 is 0.716 bits per heavy atom. The summed E-state index contributed by atoms with van der Waals surface area (Å²) in [5, 5.41) is 43.3. The van der Waals surface area contributed by atoms with E-state index in [9.17, 15) is 40.5 Å². The summed E-state index contributed by atoms with van der Waals surface area (Å²) in [4.78, 5) is 56.6. The second kappa shape index (κ2) is 35.4. The summed E-state index contributed by atoms with van der Waals surface area (Å²) in [6, 6.07) is 7.97. The summed E-state index contributed by atoms with van der Waals surface area (Å²) in [5.74, 6) is 3.13. The molecule has 26 heteroatoms. The molecule has 0 atom stereocenters. The maximum Gasteiger partial charge on any atom is 0.332 e. The van der Waals surface area contributed by atoms with E-state index < -0.39 is 19.7 Å². The van der Waals surface area contributed by atoms with Gasteiger partial charge in [0, 0.05) is 36.4 Å².